The molecule has 2 aliphatic rings. The van der Waals surface area contributed by atoms with E-state index >= 15 is 0 Å². The van der Waals surface area contributed by atoms with Gasteiger partial charge >= 0.3 is 0 Å². The molecule has 0 bridgehead atoms. The molecule has 1 N–H and O–H groups in total. The van der Waals surface area contributed by atoms with Crippen LogP contribution in [0.1, 0.15) is 32.1 Å². The summed E-state index contributed by atoms with van der Waals surface area (Å²) in [5.74, 6) is 1.57. The van der Waals surface area contributed by atoms with E-state index in [1.807, 2.05) is 0 Å². The van der Waals surface area contributed by atoms with Crippen molar-refractivity contribution in [1.82, 2.24) is 4.90 Å². The predicted octanol–water partition coefficient (Wildman–Crippen LogP) is 1.79. The molecule has 1 atom stereocenters. The summed E-state index contributed by atoms with van der Waals surface area (Å²) < 4.78 is 0. The second-order valence-corrected chi connectivity index (χ2v) is 5.75. The van der Waals surface area contributed by atoms with Crippen molar-refractivity contribution in [3.05, 3.63) is 0 Å². The van der Waals surface area contributed by atoms with Gasteiger partial charge in [-0.15, -0.1) is 0 Å². The van der Waals surface area contributed by atoms with Crippen LogP contribution in [0.3, 0.4) is 0 Å². The minimum Gasteiger partial charge on any atom is -0.396 e. The van der Waals surface area contributed by atoms with Crippen LogP contribution >= 0.6 is 12.6 Å². The summed E-state index contributed by atoms with van der Waals surface area (Å²) in [6.07, 6.45) is 6.67. The summed E-state index contributed by atoms with van der Waals surface area (Å²) in [4.78, 5) is 2.54. The highest BCUT2D eigenvalue weighted by Gasteiger charge is 2.36. The van der Waals surface area contributed by atoms with Crippen molar-refractivity contribution in [2.75, 3.05) is 32.0 Å². The monoisotopic (exact) mass is 229 g/mol. The second-order valence-electron chi connectivity index (χ2n) is 5.44. The van der Waals surface area contributed by atoms with Gasteiger partial charge in [-0.05, 0) is 42.9 Å². The SMILES string of the molecule is OCC1CCN(CC2(CS)CCCC2)C1. The lowest BCUT2D eigenvalue weighted by atomic mass is 9.88. The van der Waals surface area contributed by atoms with Gasteiger partial charge in [0.05, 0.1) is 0 Å². The third-order valence-corrected chi connectivity index (χ3v) is 4.86. The quantitative estimate of drug-likeness (QED) is 0.718. The Balaban J connectivity index is 1.85. The van der Waals surface area contributed by atoms with Crippen LogP contribution in [0.4, 0.5) is 0 Å². The molecule has 0 spiro atoms. The van der Waals surface area contributed by atoms with Crippen molar-refractivity contribution in [1.29, 1.82) is 0 Å². The summed E-state index contributed by atoms with van der Waals surface area (Å²) in [5, 5.41) is 9.12. The van der Waals surface area contributed by atoms with Gasteiger partial charge in [0.25, 0.3) is 0 Å². The Morgan fingerprint density at radius 2 is 2.07 bits per heavy atom. The van der Waals surface area contributed by atoms with Crippen LogP contribution in [0.2, 0.25) is 0 Å². The van der Waals surface area contributed by atoms with E-state index in [2.05, 4.69) is 17.5 Å². The van der Waals surface area contributed by atoms with Crippen LogP contribution in [0.15, 0.2) is 0 Å². The Bertz CT molecular complexity index is 204. The van der Waals surface area contributed by atoms with E-state index < -0.39 is 0 Å². The average molecular weight is 229 g/mol. The van der Waals surface area contributed by atoms with Crippen molar-refractivity contribution in [3.8, 4) is 0 Å². The molecule has 0 aromatic rings. The third kappa shape index (κ3) is 2.69. The molecule has 0 radical (unpaired) electrons. The lowest BCUT2D eigenvalue weighted by Gasteiger charge is -2.32. The molecule has 2 fully saturated rings. The van der Waals surface area contributed by atoms with Crippen molar-refractivity contribution >= 4 is 12.6 Å². The highest BCUT2D eigenvalue weighted by atomic mass is 32.1. The highest BCUT2D eigenvalue weighted by molar-refractivity contribution is 7.80. The first-order valence-electron chi connectivity index (χ1n) is 6.22. The number of thiol groups is 1. The van der Waals surface area contributed by atoms with Crippen molar-refractivity contribution in [2.45, 2.75) is 32.1 Å². The van der Waals surface area contributed by atoms with Gasteiger partial charge in [0.1, 0.15) is 0 Å². The van der Waals surface area contributed by atoms with Crippen LogP contribution in [0.25, 0.3) is 0 Å². The number of rotatable bonds is 4. The summed E-state index contributed by atoms with van der Waals surface area (Å²) in [7, 11) is 0. The number of hydrogen-bond acceptors (Lipinski definition) is 3. The van der Waals surface area contributed by atoms with Crippen molar-refractivity contribution in [3.63, 3.8) is 0 Å². The fourth-order valence-corrected chi connectivity index (χ4v) is 3.59. The molecular weight excluding hydrogens is 206 g/mol. The minimum atomic E-state index is 0.365. The molecule has 88 valence electrons. The molecule has 1 saturated carbocycles. The zero-order valence-electron chi connectivity index (χ0n) is 9.49. The zero-order chi connectivity index (χ0) is 10.7. The second kappa shape index (κ2) is 5.07. The lowest BCUT2D eigenvalue weighted by molar-refractivity contribution is 0.180. The molecule has 1 aliphatic carbocycles. The van der Waals surface area contributed by atoms with Gasteiger partial charge in [0.2, 0.25) is 0 Å². The Hall–Kier alpha value is 0.270. The number of hydrogen-bond donors (Lipinski definition) is 2. The Morgan fingerprint density at radius 3 is 2.60 bits per heavy atom. The van der Waals surface area contributed by atoms with E-state index in [9.17, 15) is 0 Å². The minimum absolute atomic E-state index is 0.365. The van der Waals surface area contributed by atoms with E-state index in [4.69, 9.17) is 5.11 Å². The number of aliphatic hydroxyl groups excluding tert-OH is 1. The Labute approximate surface area is 98.5 Å². The first kappa shape index (κ1) is 11.7. The summed E-state index contributed by atoms with van der Waals surface area (Å²) in [6.45, 7) is 3.87. The van der Waals surface area contributed by atoms with Crippen LogP contribution in [-0.4, -0.2) is 42.0 Å². The van der Waals surface area contributed by atoms with E-state index in [1.165, 1.54) is 45.2 Å². The fraction of sp³-hybridized carbons (Fsp3) is 1.00. The molecule has 1 heterocycles. The Morgan fingerprint density at radius 1 is 1.33 bits per heavy atom. The van der Waals surface area contributed by atoms with Crippen LogP contribution < -0.4 is 0 Å². The van der Waals surface area contributed by atoms with Gasteiger partial charge in [0.15, 0.2) is 0 Å². The first-order valence-corrected chi connectivity index (χ1v) is 6.85. The third-order valence-electron chi connectivity index (χ3n) is 4.19. The van der Waals surface area contributed by atoms with Crippen LogP contribution in [0, 0.1) is 11.3 Å². The molecule has 2 nitrogen and oxygen atoms in total. The number of likely N-dealkylation sites (tertiary alicyclic amines) is 1. The highest BCUT2D eigenvalue weighted by Crippen LogP contribution is 2.40. The first-order chi connectivity index (χ1) is 7.28. The maximum absolute atomic E-state index is 9.12. The molecule has 0 aromatic carbocycles. The molecule has 0 aromatic heterocycles. The van der Waals surface area contributed by atoms with Gasteiger partial charge in [-0.2, -0.15) is 12.6 Å². The van der Waals surface area contributed by atoms with Gasteiger partial charge in [-0.1, -0.05) is 12.8 Å². The van der Waals surface area contributed by atoms with E-state index in [-0.39, 0.29) is 0 Å². The van der Waals surface area contributed by atoms with Gasteiger partial charge in [-0.25, -0.2) is 0 Å². The molecule has 1 saturated heterocycles. The summed E-state index contributed by atoms with van der Waals surface area (Å²) >= 11 is 4.54. The largest absolute Gasteiger partial charge is 0.396 e. The van der Waals surface area contributed by atoms with Gasteiger partial charge < -0.3 is 10.0 Å². The topological polar surface area (TPSA) is 23.5 Å². The molecule has 3 heteroatoms. The van der Waals surface area contributed by atoms with Crippen LogP contribution in [0.5, 0.6) is 0 Å². The standard InChI is InChI=1S/C12H23NOS/c14-8-11-3-6-13(7-11)9-12(10-15)4-1-2-5-12/h11,14-15H,1-10H2. The normalized spacial score (nSPS) is 31.2. The van der Waals surface area contributed by atoms with Crippen molar-refractivity contribution < 1.29 is 5.11 Å². The zero-order valence-corrected chi connectivity index (χ0v) is 10.4. The lowest BCUT2D eigenvalue weighted by Crippen LogP contribution is -2.36. The maximum Gasteiger partial charge on any atom is 0.0471 e. The van der Waals surface area contributed by atoms with E-state index in [0.717, 1.165) is 12.3 Å². The molecule has 0 amide bonds. The summed E-state index contributed by atoms with van der Waals surface area (Å²) in [6, 6.07) is 0. The van der Waals surface area contributed by atoms with Crippen molar-refractivity contribution in [2.24, 2.45) is 11.3 Å². The molecule has 15 heavy (non-hydrogen) atoms. The van der Waals surface area contributed by atoms with Gasteiger partial charge in [-0.3, -0.25) is 0 Å². The van der Waals surface area contributed by atoms with Gasteiger partial charge in [0, 0.05) is 19.7 Å². The summed E-state index contributed by atoms with van der Waals surface area (Å²) in [5.41, 5.74) is 0.494. The van der Waals surface area contributed by atoms with E-state index in [1.54, 1.807) is 0 Å². The van der Waals surface area contributed by atoms with Crippen LogP contribution in [-0.2, 0) is 0 Å². The maximum atomic E-state index is 9.12. The Kier molecular flexibility index (Phi) is 3.97. The number of aliphatic hydroxyl groups is 1. The molecule has 1 aliphatic heterocycles. The van der Waals surface area contributed by atoms with E-state index in [0.29, 0.717) is 17.9 Å². The number of nitrogens with zero attached hydrogens (tertiary/aromatic N) is 1. The average Bonchev–Trinajstić information content (AvgIpc) is 2.88. The molecule has 2 rings (SSSR count). The molecular formula is C12H23NOS. The predicted molar refractivity (Wildman–Crippen MR) is 66.4 cm³/mol. The molecule has 1 unspecified atom stereocenters. The smallest absolute Gasteiger partial charge is 0.0471 e. The fourth-order valence-electron chi connectivity index (χ4n) is 3.17.